The minimum Gasteiger partial charge on any atom is -0.378 e. The molecule has 118 valence electrons. The van der Waals surface area contributed by atoms with Crippen molar-refractivity contribution in [3.63, 3.8) is 0 Å². The molecule has 1 heterocycles. The molecule has 4 rings (SSSR count). The van der Waals surface area contributed by atoms with Gasteiger partial charge in [0.1, 0.15) is 0 Å². The average Bonchev–Trinajstić information content (AvgIpc) is 3.05. The third-order valence-corrected chi connectivity index (χ3v) is 5.36. The minimum absolute atomic E-state index is 0.0207. The van der Waals surface area contributed by atoms with Crippen LogP contribution >= 0.6 is 0 Å². The molecule has 1 saturated heterocycles. The largest absolute Gasteiger partial charge is 0.378 e. The molecule has 22 heavy (non-hydrogen) atoms. The van der Waals surface area contributed by atoms with Crippen LogP contribution in [-0.4, -0.2) is 31.3 Å². The molecule has 0 unspecified atom stereocenters. The highest BCUT2D eigenvalue weighted by atomic mass is 16.5. The summed E-state index contributed by atoms with van der Waals surface area (Å²) < 4.78 is 5.68. The van der Waals surface area contributed by atoms with Crippen LogP contribution in [-0.2, 0) is 11.2 Å². The van der Waals surface area contributed by atoms with Crippen molar-refractivity contribution in [2.75, 3.05) is 13.2 Å². The monoisotopic (exact) mass is 300 g/mol. The molecule has 1 saturated carbocycles. The van der Waals surface area contributed by atoms with Gasteiger partial charge in [-0.1, -0.05) is 24.3 Å². The Morgan fingerprint density at radius 3 is 3.05 bits per heavy atom. The van der Waals surface area contributed by atoms with Gasteiger partial charge in [0.05, 0.1) is 6.10 Å². The molecule has 1 aromatic carbocycles. The quantitative estimate of drug-likeness (QED) is 0.898. The summed E-state index contributed by atoms with van der Waals surface area (Å²) in [5.41, 5.74) is 2.90. The van der Waals surface area contributed by atoms with Gasteiger partial charge in [0.25, 0.3) is 0 Å². The van der Waals surface area contributed by atoms with Crippen LogP contribution in [0.25, 0.3) is 0 Å². The van der Waals surface area contributed by atoms with E-state index in [9.17, 15) is 4.79 Å². The summed E-state index contributed by atoms with van der Waals surface area (Å²) in [7, 11) is 0. The van der Waals surface area contributed by atoms with Crippen molar-refractivity contribution in [3.8, 4) is 0 Å². The predicted molar refractivity (Wildman–Crippen MR) is 84.9 cm³/mol. The summed E-state index contributed by atoms with van der Waals surface area (Å²) >= 11 is 0. The maximum Gasteiger partial charge on any atom is 0.315 e. The van der Waals surface area contributed by atoms with Gasteiger partial charge in [-0.05, 0) is 49.1 Å². The molecule has 1 aromatic rings. The number of hydrogen-bond donors (Lipinski definition) is 2. The molecule has 4 nitrogen and oxygen atoms in total. The van der Waals surface area contributed by atoms with Crippen LogP contribution in [0.15, 0.2) is 24.3 Å². The lowest BCUT2D eigenvalue weighted by atomic mass is 10.1. The van der Waals surface area contributed by atoms with Crippen LogP contribution in [0.5, 0.6) is 0 Å². The second-order valence-electron chi connectivity index (χ2n) is 6.80. The van der Waals surface area contributed by atoms with Crippen molar-refractivity contribution in [2.24, 2.45) is 5.92 Å². The summed E-state index contributed by atoms with van der Waals surface area (Å²) in [5, 5.41) is 6.13. The summed E-state index contributed by atoms with van der Waals surface area (Å²) in [6.07, 6.45) is 5.93. The van der Waals surface area contributed by atoms with Crippen molar-refractivity contribution >= 4 is 6.03 Å². The van der Waals surface area contributed by atoms with Crippen LogP contribution in [0.3, 0.4) is 0 Å². The second-order valence-corrected chi connectivity index (χ2v) is 6.80. The summed E-state index contributed by atoms with van der Waals surface area (Å²) in [4.78, 5) is 12.0. The maximum absolute atomic E-state index is 12.0. The molecule has 4 atom stereocenters. The Hall–Kier alpha value is -1.55. The van der Waals surface area contributed by atoms with Gasteiger partial charge in [-0.3, -0.25) is 0 Å². The van der Waals surface area contributed by atoms with E-state index in [0.717, 1.165) is 25.9 Å². The number of rotatable bonds is 4. The Morgan fingerprint density at radius 2 is 2.18 bits per heavy atom. The van der Waals surface area contributed by atoms with E-state index >= 15 is 0 Å². The first-order chi connectivity index (χ1) is 10.8. The van der Waals surface area contributed by atoms with Gasteiger partial charge < -0.3 is 15.4 Å². The normalized spacial score (nSPS) is 32.0. The van der Waals surface area contributed by atoms with Crippen molar-refractivity contribution in [3.05, 3.63) is 35.4 Å². The fourth-order valence-electron chi connectivity index (χ4n) is 4.13. The van der Waals surface area contributed by atoms with Gasteiger partial charge in [0.15, 0.2) is 0 Å². The standard InChI is InChI=1S/C18H24N2O2/c21-18(19-9-8-13-6-3-4-10-22-13)20-17-15-11-12-5-1-2-7-14(12)16(15)17/h1-2,5,7,13,15-17H,3-4,6,8-11H2,(H2,19,20,21)/t13-,15-,16+,17+/m0/s1. The van der Waals surface area contributed by atoms with Crippen molar-refractivity contribution in [1.29, 1.82) is 0 Å². The van der Waals surface area contributed by atoms with Gasteiger partial charge in [-0.2, -0.15) is 0 Å². The molecule has 3 aliphatic rings. The van der Waals surface area contributed by atoms with Gasteiger partial charge in [0, 0.05) is 25.1 Å². The number of hydrogen-bond acceptors (Lipinski definition) is 2. The predicted octanol–water partition coefficient (Wildman–Crippen LogP) is 2.58. The van der Waals surface area contributed by atoms with E-state index in [0.29, 0.717) is 30.5 Å². The topological polar surface area (TPSA) is 50.4 Å². The van der Waals surface area contributed by atoms with Crippen molar-refractivity contribution < 1.29 is 9.53 Å². The zero-order chi connectivity index (χ0) is 14.9. The molecule has 2 aliphatic carbocycles. The van der Waals surface area contributed by atoms with Crippen LogP contribution in [0.1, 0.15) is 42.7 Å². The van der Waals surface area contributed by atoms with Crippen LogP contribution in [0, 0.1) is 5.92 Å². The molecule has 0 radical (unpaired) electrons. The lowest BCUT2D eigenvalue weighted by Gasteiger charge is -2.22. The van der Waals surface area contributed by atoms with Crippen molar-refractivity contribution in [2.45, 2.75) is 50.2 Å². The lowest BCUT2D eigenvalue weighted by molar-refractivity contribution is 0.0120. The lowest BCUT2D eigenvalue weighted by Crippen LogP contribution is -2.39. The molecule has 2 fully saturated rings. The maximum atomic E-state index is 12.0. The molecule has 2 N–H and O–H groups in total. The van der Waals surface area contributed by atoms with E-state index in [2.05, 4.69) is 34.9 Å². The fraction of sp³-hybridized carbons (Fsp3) is 0.611. The highest BCUT2D eigenvalue weighted by molar-refractivity contribution is 5.75. The molecule has 1 aliphatic heterocycles. The Bertz CT molecular complexity index is 554. The Kier molecular flexibility index (Phi) is 3.78. The first-order valence-corrected chi connectivity index (χ1v) is 8.57. The molecule has 4 heteroatoms. The van der Waals surface area contributed by atoms with Crippen LogP contribution in [0.2, 0.25) is 0 Å². The third kappa shape index (κ3) is 2.72. The molecule has 0 bridgehead atoms. The summed E-state index contributed by atoms with van der Waals surface area (Å²) in [6.45, 7) is 1.58. The smallest absolute Gasteiger partial charge is 0.315 e. The number of fused-ring (bicyclic) bond motifs is 3. The highest BCUT2D eigenvalue weighted by Gasteiger charge is 2.56. The van der Waals surface area contributed by atoms with Gasteiger partial charge >= 0.3 is 6.03 Å². The zero-order valence-electron chi connectivity index (χ0n) is 12.9. The average molecular weight is 300 g/mol. The van der Waals surface area contributed by atoms with Crippen LogP contribution in [0.4, 0.5) is 4.79 Å². The van der Waals surface area contributed by atoms with E-state index in [1.807, 2.05) is 0 Å². The van der Waals surface area contributed by atoms with Crippen LogP contribution < -0.4 is 10.6 Å². The highest BCUT2D eigenvalue weighted by Crippen LogP contribution is 2.56. The third-order valence-electron chi connectivity index (χ3n) is 5.36. The van der Waals surface area contributed by atoms with E-state index in [1.54, 1.807) is 0 Å². The first kappa shape index (κ1) is 14.1. The fourth-order valence-corrected chi connectivity index (χ4v) is 4.13. The number of benzene rings is 1. The van der Waals surface area contributed by atoms with E-state index in [1.165, 1.54) is 24.0 Å². The van der Waals surface area contributed by atoms with Gasteiger partial charge in [-0.15, -0.1) is 0 Å². The summed E-state index contributed by atoms with van der Waals surface area (Å²) in [6, 6.07) is 8.93. The second kappa shape index (κ2) is 5.92. The van der Waals surface area contributed by atoms with E-state index in [-0.39, 0.29) is 6.03 Å². The number of carbonyl (C=O) groups excluding carboxylic acids is 1. The van der Waals surface area contributed by atoms with E-state index < -0.39 is 0 Å². The molecule has 0 aromatic heterocycles. The Balaban J connectivity index is 1.20. The van der Waals surface area contributed by atoms with E-state index in [4.69, 9.17) is 4.74 Å². The minimum atomic E-state index is -0.0207. The number of urea groups is 1. The number of amides is 2. The zero-order valence-corrected chi connectivity index (χ0v) is 12.9. The Labute approximate surface area is 131 Å². The molecule has 0 spiro atoms. The summed E-state index contributed by atoms with van der Waals surface area (Å²) in [5.74, 6) is 1.16. The van der Waals surface area contributed by atoms with Gasteiger partial charge in [-0.25, -0.2) is 4.79 Å². The molecular formula is C18H24N2O2. The number of nitrogens with one attached hydrogen (secondary N) is 2. The SMILES string of the molecule is O=C(NCC[C@@H]1CCCCO1)N[C@@H]1[C@H]2Cc3ccccc3[C@H]21. The van der Waals surface area contributed by atoms with Gasteiger partial charge in [0.2, 0.25) is 0 Å². The Morgan fingerprint density at radius 1 is 1.27 bits per heavy atom. The number of ether oxygens (including phenoxy) is 1. The molecular weight excluding hydrogens is 276 g/mol. The number of carbonyl (C=O) groups is 1. The van der Waals surface area contributed by atoms with Crippen molar-refractivity contribution in [1.82, 2.24) is 10.6 Å². The first-order valence-electron chi connectivity index (χ1n) is 8.57. The molecule has 2 amide bonds.